The second-order valence-electron chi connectivity index (χ2n) is 2.15. The van der Waals surface area contributed by atoms with E-state index in [1.54, 1.807) is 18.2 Å². The fraction of sp³-hybridized carbons (Fsp3) is 0. The van der Waals surface area contributed by atoms with Gasteiger partial charge in [0.1, 0.15) is 5.75 Å². The normalized spacial score (nSPS) is 17.0. The molecule has 0 saturated carbocycles. The van der Waals surface area contributed by atoms with Gasteiger partial charge in [-0.05, 0) is 12.1 Å². The summed E-state index contributed by atoms with van der Waals surface area (Å²) in [6.45, 7) is 0. The van der Waals surface area contributed by atoms with Crippen molar-refractivity contribution in [3.8, 4) is 5.75 Å². The largest absolute Gasteiger partial charge is 0.749 e. The van der Waals surface area contributed by atoms with Gasteiger partial charge < -0.3 is 9.08 Å². The highest BCUT2D eigenvalue weighted by Crippen LogP contribution is 2.44. The maximum Gasteiger partial charge on any atom is 0.540 e. The van der Waals surface area contributed by atoms with Crippen LogP contribution in [-0.4, -0.2) is 13.7 Å². The highest BCUT2D eigenvalue weighted by molar-refractivity contribution is 7.79. The van der Waals surface area contributed by atoms with Crippen molar-refractivity contribution in [2.45, 2.75) is 0 Å². The number of benzene rings is 1. The molecule has 1 N–H and O–H groups in total. The van der Waals surface area contributed by atoms with E-state index < -0.39 is 19.2 Å². The third-order valence-electron chi connectivity index (χ3n) is 1.12. The van der Waals surface area contributed by atoms with Crippen molar-refractivity contribution < 1.29 is 26.7 Å². The molecule has 0 aromatic heterocycles. The molecular formula is C6H6O6PS-. The second-order valence-corrected chi connectivity index (χ2v) is 4.28. The van der Waals surface area contributed by atoms with Crippen LogP contribution in [0.25, 0.3) is 0 Å². The summed E-state index contributed by atoms with van der Waals surface area (Å²) in [5, 5.41) is 0. The average molecular weight is 237 g/mol. The van der Waals surface area contributed by atoms with Crippen LogP contribution in [-0.2, 0) is 19.9 Å². The molecule has 2 atom stereocenters. The highest BCUT2D eigenvalue weighted by Gasteiger charge is 2.23. The predicted octanol–water partition coefficient (Wildman–Crippen LogP) is 0.976. The molecule has 0 bridgehead atoms. The standard InChI is InChI=1S/C6H7O6PS/c7-13(8,12-14(9)10)11-6-4-2-1-3-5-6/h1-5H,(H,7,8)(H,9,10)/p-1. The van der Waals surface area contributed by atoms with E-state index in [-0.39, 0.29) is 5.75 Å². The van der Waals surface area contributed by atoms with Crippen LogP contribution in [0.3, 0.4) is 0 Å². The van der Waals surface area contributed by atoms with Gasteiger partial charge in [-0.25, -0.2) is 8.77 Å². The predicted molar refractivity (Wildman–Crippen MR) is 46.9 cm³/mol. The van der Waals surface area contributed by atoms with Crippen molar-refractivity contribution in [1.29, 1.82) is 0 Å². The lowest BCUT2D eigenvalue weighted by Crippen LogP contribution is -1.99. The molecule has 2 unspecified atom stereocenters. The van der Waals surface area contributed by atoms with Crippen molar-refractivity contribution in [3.05, 3.63) is 30.3 Å². The highest BCUT2D eigenvalue weighted by atomic mass is 32.2. The van der Waals surface area contributed by atoms with Gasteiger partial charge in [0.2, 0.25) is 0 Å². The summed E-state index contributed by atoms with van der Waals surface area (Å²) >= 11 is -3.10. The molecule has 1 aromatic carbocycles. The lowest BCUT2D eigenvalue weighted by Gasteiger charge is -2.12. The van der Waals surface area contributed by atoms with Crippen LogP contribution in [0.15, 0.2) is 30.3 Å². The molecule has 0 fully saturated rings. The van der Waals surface area contributed by atoms with Crippen molar-refractivity contribution in [2.24, 2.45) is 0 Å². The first-order chi connectivity index (χ1) is 6.49. The van der Waals surface area contributed by atoms with Crippen molar-refractivity contribution in [3.63, 3.8) is 0 Å². The van der Waals surface area contributed by atoms with E-state index in [2.05, 4.69) is 8.49 Å². The Kier molecular flexibility index (Phi) is 3.79. The first kappa shape index (κ1) is 11.4. The van der Waals surface area contributed by atoms with E-state index in [1.807, 2.05) is 0 Å². The summed E-state index contributed by atoms with van der Waals surface area (Å²) in [7, 11) is -4.58. The van der Waals surface area contributed by atoms with Gasteiger partial charge in [-0.1, -0.05) is 18.2 Å². The van der Waals surface area contributed by atoms with Gasteiger partial charge in [0, 0.05) is 0 Å². The van der Waals surface area contributed by atoms with E-state index in [0.717, 1.165) is 0 Å². The Labute approximate surface area is 82.6 Å². The fourth-order valence-corrected chi connectivity index (χ4v) is 1.83. The summed E-state index contributed by atoms with van der Waals surface area (Å²) in [6.07, 6.45) is 0. The number of phosphoric ester groups is 1. The SMILES string of the molecule is O=S([O-])OP(=O)(O)Oc1ccccc1. The zero-order valence-corrected chi connectivity index (χ0v) is 8.44. The van der Waals surface area contributed by atoms with Gasteiger partial charge in [-0.15, -0.1) is 0 Å². The van der Waals surface area contributed by atoms with Crippen LogP contribution in [0, 0.1) is 0 Å². The van der Waals surface area contributed by atoms with Crippen molar-refractivity contribution in [2.75, 3.05) is 0 Å². The molecule has 8 heteroatoms. The Morgan fingerprint density at radius 1 is 1.36 bits per heavy atom. The van der Waals surface area contributed by atoms with Crippen LogP contribution in [0.1, 0.15) is 0 Å². The first-order valence-electron chi connectivity index (χ1n) is 3.36. The molecule has 14 heavy (non-hydrogen) atoms. The van der Waals surface area contributed by atoms with Gasteiger partial charge >= 0.3 is 7.82 Å². The van der Waals surface area contributed by atoms with Crippen LogP contribution >= 0.6 is 7.82 Å². The summed E-state index contributed by atoms with van der Waals surface area (Å²) in [6, 6.07) is 7.56. The second kappa shape index (κ2) is 4.68. The minimum Gasteiger partial charge on any atom is -0.749 e. The number of hydrogen-bond acceptors (Lipinski definition) is 5. The average Bonchev–Trinajstić information content (AvgIpc) is 2.02. The van der Waals surface area contributed by atoms with Crippen molar-refractivity contribution >= 4 is 19.2 Å². The monoisotopic (exact) mass is 237 g/mol. The van der Waals surface area contributed by atoms with E-state index >= 15 is 0 Å². The summed E-state index contributed by atoms with van der Waals surface area (Å²) in [4.78, 5) is 8.86. The zero-order chi connectivity index (χ0) is 10.6. The Morgan fingerprint density at radius 3 is 2.43 bits per heavy atom. The van der Waals surface area contributed by atoms with Crippen LogP contribution < -0.4 is 4.52 Å². The minimum absolute atomic E-state index is 0.0452. The molecule has 0 radical (unpaired) electrons. The molecular weight excluding hydrogens is 231 g/mol. The van der Waals surface area contributed by atoms with E-state index in [9.17, 15) is 13.3 Å². The van der Waals surface area contributed by atoms with Gasteiger partial charge in [0.05, 0.1) is 11.4 Å². The number of hydrogen-bond donors (Lipinski definition) is 1. The van der Waals surface area contributed by atoms with Gasteiger partial charge in [0.15, 0.2) is 0 Å². The van der Waals surface area contributed by atoms with E-state index in [4.69, 9.17) is 4.89 Å². The smallest absolute Gasteiger partial charge is 0.540 e. The molecule has 0 aliphatic rings. The summed E-state index contributed by atoms with van der Waals surface area (Å²) in [5.41, 5.74) is 0. The minimum atomic E-state index is -4.58. The van der Waals surface area contributed by atoms with E-state index in [1.165, 1.54) is 12.1 Å². The van der Waals surface area contributed by atoms with Crippen LogP contribution in [0.2, 0.25) is 0 Å². The molecule has 0 saturated heterocycles. The number of phosphoric acid groups is 1. The van der Waals surface area contributed by atoms with Crippen LogP contribution in [0.4, 0.5) is 0 Å². The molecule has 0 aliphatic heterocycles. The molecule has 0 spiro atoms. The topological polar surface area (TPSA) is 95.9 Å². The van der Waals surface area contributed by atoms with Gasteiger partial charge in [0.25, 0.3) is 0 Å². The molecule has 6 nitrogen and oxygen atoms in total. The fourth-order valence-electron chi connectivity index (χ4n) is 0.707. The number of para-hydroxylation sites is 1. The Hall–Kier alpha value is -0.720. The van der Waals surface area contributed by atoms with Gasteiger partial charge in [-0.3, -0.25) is 4.89 Å². The zero-order valence-electron chi connectivity index (χ0n) is 6.73. The molecule has 1 aromatic rings. The molecule has 0 heterocycles. The molecule has 0 aliphatic carbocycles. The Morgan fingerprint density at radius 2 is 1.93 bits per heavy atom. The molecule has 1 rings (SSSR count). The Balaban J connectivity index is 2.69. The Bertz CT molecular complexity index is 366. The van der Waals surface area contributed by atoms with Crippen molar-refractivity contribution in [1.82, 2.24) is 0 Å². The van der Waals surface area contributed by atoms with Crippen LogP contribution in [0.5, 0.6) is 5.75 Å². The maximum absolute atomic E-state index is 10.9. The third kappa shape index (κ3) is 3.99. The third-order valence-corrected chi connectivity index (χ3v) is 2.80. The van der Waals surface area contributed by atoms with Gasteiger partial charge in [-0.2, -0.15) is 3.97 Å². The molecule has 0 amide bonds. The lowest BCUT2D eigenvalue weighted by molar-refractivity contribution is 0.287. The lowest BCUT2D eigenvalue weighted by atomic mass is 10.3. The first-order valence-corrected chi connectivity index (χ1v) is 5.86. The number of rotatable bonds is 4. The summed E-state index contributed by atoms with van der Waals surface area (Å²) < 4.78 is 38.9. The summed E-state index contributed by atoms with van der Waals surface area (Å²) in [5.74, 6) is 0.0452. The maximum atomic E-state index is 10.9. The van der Waals surface area contributed by atoms with E-state index in [0.29, 0.717) is 0 Å². The molecule has 78 valence electrons. The quantitative estimate of drug-likeness (QED) is 0.619.